The first-order valence-electron chi connectivity index (χ1n) is 5.95. The predicted octanol–water partition coefficient (Wildman–Crippen LogP) is 1.38. The lowest BCUT2D eigenvalue weighted by Gasteiger charge is -2.40. The lowest BCUT2D eigenvalue weighted by molar-refractivity contribution is 0.0943. The van der Waals surface area contributed by atoms with Crippen LogP contribution in [0.25, 0.3) is 0 Å². The van der Waals surface area contributed by atoms with E-state index in [2.05, 4.69) is 22.0 Å². The molecule has 0 atom stereocenters. The van der Waals surface area contributed by atoms with Crippen LogP contribution in [0.4, 0.5) is 5.82 Å². The van der Waals surface area contributed by atoms with Crippen molar-refractivity contribution in [2.45, 2.75) is 24.0 Å². The number of aromatic nitrogens is 1. The molecule has 1 fully saturated rings. The Balaban J connectivity index is 1.90. The summed E-state index contributed by atoms with van der Waals surface area (Å²) in [5, 5.41) is 2.98. The lowest BCUT2D eigenvalue weighted by Crippen LogP contribution is -2.45. The Kier molecular flexibility index (Phi) is 4.08. The van der Waals surface area contributed by atoms with Crippen molar-refractivity contribution in [3.8, 4) is 0 Å². The molecule has 1 aliphatic carbocycles. The van der Waals surface area contributed by atoms with Crippen molar-refractivity contribution in [1.29, 1.82) is 0 Å². The number of anilines is 1. The van der Waals surface area contributed by atoms with E-state index in [9.17, 15) is 4.79 Å². The quantitative estimate of drug-likeness (QED) is 0.554. The molecule has 1 aromatic rings. The van der Waals surface area contributed by atoms with Gasteiger partial charge in [-0.2, -0.15) is 11.8 Å². The Morgan fingerprint density at radius 3 is 2.78 bits per heavy atom. The van der Waals surface area contributed by atoms with Gasteiger partial charge in [0, 0.05) is 17.5 Å². The summed E-state index contributed by atoms with van der Waals surface area (Å²) >= 11 is 1.85. The van der Waals surface area contributed by atoms with Gasteiger partial charge in [-0.3, -0.25) is 4.79 Å². The minimum absolute atomic E-state index is 0.0774. The number of hydrazine groups is 1. The molecule has 4 N–H and O–H groups in total. The largest absolute Gasteiger partial charge is 0.351 e. The summed E-state index contributed by atoms with van der Waals surface area (Å²) in [5.74, 6) is 5.69. The first-order valence-corrected chi connectivity index (χ1v) is 7.18. The maximum atomic E-state index is 11.9. The number of hydrogen-bond acceptors (Lipinski definition) is 5. The van der Waals surface area contributed by atoms with Gasteiger partial charge in [0.1, 0.15) is 5.82 Å². The average Bonchev–Trinajstić information content (AvgIpc) is 2.38. The number of carbonyl (C=O) groups is 1. The van der Waals surface area contributed by atoms with E-state index in [4.69, 9.17) is 5.84 Å². The molecule has 1 aliphatic rings. The van der Waals surface area contributed by atoms with Gasteiger partial charge in [0.05, 0.1) is 5.56 Å². The normalized spacial score (nSPS) is 16.8. The summed E-state index contributed by atoms with van der Waals surface area (Å²) in [7, 11) is 0. The van der Waals surface area contributed by atoms with Crippen LogP contribution in [0.5, 0.6) is 0 Å². The summed E-state index contributed by atoms with van der Waals surface area (Å²) in [6, 6.07) is 3.40. The molecule has 0 saturated heterocycles. The third-order valence-corrected chi connectivity index (χ3v) is 4.86. The van der Waals surface area contributed by atoms with E-state index >= 15 is 0 Å². The molecular formula is C12H18N4OS. The molecule has 1 saturated carbocycles. The van der Waals surface area contributed by atoms with Crippen LogP contribution in [0.3, 0.4) is 0 Å². The molecule has 0 aromatic carbocycles. The van der Waals surface area contributed by atoms with Crippen molar-refractivity contribution in [1.82, 2.24) is 10.3 Å². The number of rotatable bonds is 5. The summed E-state index contributed by atoms with van der Waals surface area (Å²) in [4.78, 5) is 15.9. The topological polar surface area (TPSA) is 80.0 Å². The molecular weight excluding hydrogens is 248 g/mol. The average molecular weight is 266 g/mol. The minimum atomic E-state index is -0.0774. The number of nitrogens with zero attached hydrogens (tertiary/aromatic N) is 1. The molecule has 2 rings (SSSR count). The van der Waals surface area contributed by atoms with Crippen LogP contribution in [0, 0.1) is 0 Å². The SMILES string of the molecule is CSC1(CNC(=O)c2ccc(NN)nc2)CCC1. The van der Waals surface area contributed by atoms with Crippen molar-refractivity contribution < 1.29 is 4.79 Å². The first-order chi connectivity index (χ1) is 8.69. The summed E-state index contributed by atoms with van der Waals surface area (Å²) in [6.45, 7) is 0.726. The van der Waals surface area contributed by atoms with E-state index in [1.807, 2.05) is 11.8 Å². The van der Waals surface area contributed by atoms with Gasteiger partial charge >= 0.3 is 0 Å². The van der Waals surface area contributed by atoms with Crippen LogP contribution in [0.15, 0.2) is 18.3 Å². The number of nitrogens with two attached hydrogens (primary N) is 1. The zero-order valence-corrected chi connectivity index (χ0v) is 11.2. The van der Waals surface area contributed by atoms with E-state index in [0.29, 0.717) is 11.4 Å². The van der Waals surface area contributed by atoms with E-state index in [0.717, 1.165) is 6.54 Å². The van der Waals surface area contributed by atoms with Gasteiger partial charge in [-0.1, -0.05) is 6.42 Å². The Labute approximate surface area is 111 Å². The monoisotopic (exact) mass is 266 g/mol. The summed E-state index contributed by atoms with van der Waals surface area (Å²) in [5.41, 5.74) is 2.99. The molecule has 1 aromatic heterocycles. The number of nitrogens with one attached hydrogen (secondary N) is 2. The van der Waals surface area contributed by atoms with Gasteiger partial charge in [0.15, 0.2) is 0 Å². The molecule has 98 valence electrons. The van der Waals surface area contributed by atoms with Crippen LogP contribution in [-0.4, -0.2) is 28.4 Å². The molecule has 0 aliphatic heterocycles. The summed E-state index contributed by atoms with van der Waals surface area (Å²) in [6.07, 6.45) is 7.26. The Bertz CT molecular complexity index is 411. The van der Waals surface area contributed by atoms with E-state index in [1.54, 1.807) is 12.1 Å². The highest BCUT2D eigenvalue weighted by atomic mass is 32.2. The van der Waals surface area contributed by atoms with Gasteiger partial charge in [0.25, 0.3) is 5.91 Å². The maximum absolute atomic E-state index is 11.9. The van der Waals surface area contributed by atoms with Gasteiger partial charge in [-0.15, -0.1) is 0 Å². The fraction of sp³-hybridized carbons (Fsp3) is 0.500. The van der Waals surface area contributed by atoms with Gasteiger partial charge in [0.2, 0.25) is 0 Å². The Morgan fingerprint density at radius 2 is 2.33 bits per heavy atom. The fourth-order valence-corrected chi connectivity index (χ4v) is 2.89. The Morgan fingerprint density at radius 1 is 1.56 bits per heavy atom. The number of carbonyl (C=O) groups excluding carboxylic acids is 1. The molecule has 0 radical (unpaired) electrons. The molecule has 1 heterocycles. The van der Waals surface area contributed by atoms with Crippen LogP contribution < -0.4 is 16.6 Å². The second-order valence-corrected chi connectivity index (χ2v) is 5.77. The molecule has 18 heavy (non-hydrogen) atoms. The molecule has 5 nitrogen and oxygen atoms in total. The van der Waals surface area contributed by atoms with Crippen LogP contribution in [0.1, 0.15) is 29.6 Å². The molecule has 0 spiro atoms. The van der Waals surface area contributed by atoms with E-state index in [-0.39, 0.29) is 10.7 Å². The standard InChI is InChI=1S/C12H18N4OS/c1-18-12(5-2-6-12)8-15-11(17)9-3-4-10(16-13)14-7-9/h3-4,7H,2,5-6,8,13H2,1H3,(H,14,16)(H,15,17). The van der Waals surface area contributed by atoms with Gasteiger partial charge < -0.3 is 10.7 Å². The molecule has 0 bridgehead atoms. The Hall–Kier alpha value is -1.27. The van der Waals surface area contributed by atoms with E-state index in [1.165, 1.54) is 25.5 Å². The number of hydrogen-bond donors (Lipinski definition) is 3. The smallest absolute Gasteiger partial charge is 0.252 e. The highest BCUT2D eigenvalue weighted by molar-refractivity contribution is 8.00. The molecule has 1 amide bonds. The maximum Gasteiger partial charge on any atom is 0.252 e. The van der Waals surface area contributed by atoms with Gasteiger partial charge in [-0.05, 0) is 31.2 Å². The third kappa shape index (κ3) is 2.76. The number of thioether (sulfide) groups is 1. The van der Waals surface area contributed by atoms with Crippen LogP contribution in [-0.2, 0) is 0 Å². The van der Waals surface area contributed by atoms with Gasteiger partial charge in [-0.25, -0.2) is 10.8 Å². The fourth-order valence-electron chi connectivity index (χ4n) is 1.98. The van der Waals surface area contributed by atoms with Crippen molar-refractivity contribution >= 4 is 23.5 Å². The third-order valence-electron chi connectivity index (χ3n) is 3.44. The summed E-state index contributed by atoms with van der Waals surface area (Å²) < 4.78 is 0.252. The van der Waals surface area contributed by atoms with Crippen molar-refractivity contribution in [3.05, 3.63) is 23.9 Å². The highest BCUT2D eigenvalue weighted by Crippen LogP contribution is 2.42. The van der Waals surface area contributed by atoms with Crippen molar-refractivity contribution in [2.24, 2.45) is 5.84 Å². The predicted molar refractivity (Wildman–Crippen MR) is 74.5 cm³/mol. The zero-order valence-electron chi connectivity index (χ0n) is 10.4. The minimum Gasteiger partial charge on any atom is -0.351 e. The number of amides is 1. The van der Waals surface area contributed by atoms with Crippen molar-refractivity contribution in [3.63, 3.8) is 0 Å². The van der Waals surface area contributed by atoms with Crippen molar-refractivity contribution in [2.75, 3.05) is 18.2 Å². The zero-order chi connectivity index (χ0) is 13.0. The van der Waals surface area contributed by atoms with E-state index < -0.39 is 0 Å². The second kappa shape index (κ2) is 5.58. The van der Waals surface area contributed by atoms with Crippen LogP contribution >= 0.6 is 11.8 Å². The number of nitrogen functional groups attached to an aromatic ring is 1. The van der Waals surface area contributed by atoms with Crippen LogP contribution in [0.2, 0.25) is 0 Å². The highest BCUT2D eigenvalue weighted by Gasteiger charge is 2.36. The number of pyridine rings is 1. The lowest BCUT2D eigenvalue weighted by atomic mass is 9.84. The second-order valence-electron chi connectivity index (χ2n) is 4.50. The molecule has 0 unspecified atom stereocenters. The first kappa shape index (κ1) is 13.2. The molecule has 6 heteroatoms.